The Hall–Kier alpha value is -2.71. The van der Waals surface area contributed by atoms with Crippen LogP contribution in [0.3, 0.4) is 0 Å². The predicted octanol–water partition coefficient (Wildman–Crippen LogP) is 4.92. The van der Waals surface area contributed by atoms with Gasteiger partial charge in [-0.05, 0) is 55.5 Å². The second kappa shape index (κ2) is 8.34. The van der Waals surface area contributed by atoms with E-state index < -0.39 is 5.82 Å². The zero-order valence-corrected chi connectivity index (χ0v) is 17.2. The van der Waals surface area contributed by atoms with E-state index in [0.717, 1.165) is 27.6 Å². The van der Waals surface area contributed by atoms with Crippen molar-refractivity contribution < 1.29 is 14.0 Å². The molecular formula is C21H18FN3O2S2. The lowest BCUT2D eigenvalue weighted by Gasteiger charge is -2.13. The Kier molecular flexibility index (Phi) is 5.64. The molecule has 0 saturated carbocycles. The summed E-state index contributed by atoms with van der Waals surface area (Å²) in [6.07, 6.45) is 3.42. The van der Waals surface area contributed by atoms with Gasteiger partial charge < -0.3 is 5.32 Å². The molecule has 3 aromatic rings. The van der Waals surface area contributed by atoms with Crippen LogP contribution in [0.2, 0.25) is 0 Å². The van der Waals surface area contributed by atoms with Crippen LogP contribution in [0.1, 0.15) is 33.3 Å². The number of hydrogen-bond acceptors (Lipinski definition) is 5. The first-order valence-corrected chi connectivity index (χ1v) is 11.1. The van der Waals surface area contributed by atoms with Crippen molar-refractivity contribution in [1.82, 2.24) is 4.98 Å². The van der Waals surface area contributed by atoms with E-state index in [0.29, 0.717) is 17.1 Å². The van der Waals surface area contributed by atoms with Gasteiger partial charge >= 0.3 is 0 Å². The zero-order chi connectivity index (χ0) is 20.4. The van der Waals surface area contributed by atoms with Gasteiger partial charge in [0.1, 0.15) is 5.82 Å². The first-order valence-electron chi connectivity index (χ1n) is 9.05. The van der Waals surface area contributed by atoms with Crippen molar-refractivity contribution in [1.29, 1.82) is 0 Å². The number of hydrogen-bond donors (Lipinski definition) is 2. The molecule has 2 amide bonds. The van der Waals surface area contributed by atoms with Crippen molar-refractivity contribution in [2.75, 3.05) is 16.9 Å². The maximum Gasteiger partial charge on any atom is 0.257 e. The standard InChI is InChI=1S/C21H18FN3O2S2/c1-28-16-5-3-2-4-15(16)23-20(27)14-10-11-17-18(14)24-21(29-17)25-19(26)12-6-8-13(22)9-7-12/h2-9,14H,10-11H2,1H3,(H,23,27)(H,24,25,26). The van der Waals surface area contributed by atoms with Gasteiger partial charge in [0.25, 0.3) is 5.91 Å². The largest absolute Gasteiger partial charge is 0.324 e. The highest BCUT2D eigenvalue weighted by Crippen LogP contribution is 2.39. The van der Waals surface area contributed by atoms with E-state index in [9.17, 15) is 14.0 Å². The van der Waals surface area contributed by atoms with Crippen LogP contribution >= 0.6 is 23.1 Å². The van der Waals surface area contributed by atoms with Crippen LogP contribution in [0.5, 0.6) is 0 Å². The summed E-state index contributed by atoms with van der Waals surface area (Å²) >= 11 is 2.96. The average molecular weight is 428 g/mol. The van der Waals surface area contributed by atoms with Crippen LogP contribution in [0, 0.1) is 5.82 Å². The number of nitrogens with zero attached hydrogens (tertiary/aromatic N) is 1. The van der Waals surface area contributed by atoms with Crippen molar-refractivity contribution in [2.24, 2.45) is 0 Å². The lowest BCUT2D eigenvalue weighted by atomic mass is 10.1. The van der Waals surface area contributed by atoms with Crippen molar-refractivity contribution in [3.63, 3.8) is 0 Å². The molecule has 2 N–H and O–H groups in total. The number of carbonyl (C=O) groups excluding carboxylic acids is 2. The Labute approximate surface area is 175 Å². The summed E-state index contributed by atoms with van der Waals surface area (Å²) in [7, 11) is 0. The van der Waals surface area contributed by atoms with Gasteiger partial charge in [-0.2, -0.15) is 0 Å². The van der Waals surface area contributed by atoms with E-state index in [4.69, 9.17) is 0 Å². The van der Waals surface area contributed by atoms with Crippen molar-refractivity contribution in [2.45, 2.75) is 23.7 Å². The molecule has 0 aliphatic heterocycles. The van der Waals surface area contributed by atoms with Gasteiger partial charge in [-0.1, -0.05) is 12.1 Å². The Morgan fingerprint density at radius 3 is 2.66 bits per heavy atom. The first-order chi connectivity index (χ1) is 14.0. The smallest absolute Gasteiger partial charge is 0.257 e. The lowest BCUT2D eigenvalue weighted by Crippen LogP contribution is -2.20. The Bertz CT molecular complexity index is 1070. The molecule has 8 heteroatoms. The zero-order valence-electron chi connectivity index (χ0n) is 15.6. The fraction of sp³-hybridized carbons (Fsp3) is 0.190. The normalized spacial score (nSPS) is 15.0. The molecule has 1 aliphatic carbocycles. The number of fused-ring (bicyclic) bond motifs is 1. The third-order valence-corrected chi connectivity index (χ3v) is 6.57. The molecule has 0 fully saturated rings. The Balaban J connectivity index is 1.48. The van der Waals surface area contributed by atoms with E-state index in [1.54, 1.807) is 11.8 Å². The van der Waals surface area contributed by atoms with Crippen LogP contribution in [0.4, 0.5) is 15.2 Å². The highest BCUT2D eigenvalue weighted by molar-refractivity contribution is 7.98. The molecule has 1 aromatic heterocycles. The monoisotopic (exact) mass is 427 g/mol. The van der Waals surface area contributed by atoms with Crippen LogP contribution in [0.25, 0.3) is 0 Å². The number of aromatic nitrogens is 1. The molecule has 0 radical (unpaired) electrons. The number of amides is 2. The molecule has 5 nitrogen and oxygen atoms in total. The van der Waals surface area contributed by atoms with Gasteiger partial charge in [-0.15, -0.1) is 23.1 Å². The minimum Gasteiger partial charge on any atom is -0.324 e. The molecule has 148 valence electrons. The number of rotatable bonds is 5. The van der Waals surface area contributed by atoms with Gasteiger partial charge in [-0.25, -0.2) is 9.37 Å². The van der Waals surface area contributed by atoms with Gasteiger partial charge in [0.15, 0.2) is 5.13 Å². The molecule has 0 spiro atoms. The Morgan fingerprint density at radius 2 is 1.90 bits per heavy atom. The molecule has 1 aliphatic rings. The number of halogens is 1. The number of thiazole rings is 1. The number of para-hydroxylation sites is 1. The molecule has 0 saturated heterocycles. The van der Waals surface area contributed by atoms with E-state index in [2.05, 4.69) is 15.6 Å². The summed E-state index contributed by atoms with van der Waals surface area (Å²) in [5.41, 5.74) is 1.87. The van der Waals surface area contributed by atoms with Crippen LogP contribution in [-0.4, -0.2) is 23.1 Å². The Morgan fingerprint density at radius 1 is 1.14 bits per heavy atom. The number of aryl methyl sites for hydroxylation is 1. The second-order valence-electron chi connectivity index (χ2n) is 6.57. The van der Waals surface area contributed by atoms with Crippen molar-refractivity contribution >= 4 is 45.7 Å². The predicted molar refractivity (Wildman–Crippen MR) is 114 cm³/mol. The fourth-order valence-corrected chi connectivity index (χ4v) is 4.86. The summed E-state index contributed by atoms with van der Waals surface area (Å²) in [5.74, 6) is -1.18. The van der Waals surface area contributed by atoms with E-state index >= 15 is 0 Å². The summed E-state index contributed by atoms with van der Waals surface area (Å²) in [6.45, 7) is 0. The van der Waals surface area contributed by atoms with Gasteiger partial charge in [0.05, 0.1) is 17.3 Å². The summed E-state index contributed by atoms with van der Waals surface area (Å²) in [5, 5.41) is 6.20. The van der Waals surface area contributed by atoms with Gasteiger partial charge in [-0.3, -0.25) is 14.9 Å². The molecule has 1 atom stereocenters. The second-order valence-corrected chi connectivity index (χ2v) is 8.50. The molecule has 1 heterocycles. The van der Waals surface area contributed by atoms with E-state index in [1.807, 2.05) is 30.5 Å². The quantitative estimate of drug-likeness (QED) is 0.567. The SMILES string of the molecule is CSc1ccccc1NC(=O)C1CCc2sc(NC(=O)c3ccc(F)cc3)nc21. The maximum atomic E-state index is 13.0. The van der Waals surface area contributed by atoms with Crippen LogP contribution in [0.15, 0.2) is 53.4 Å². The van der Waals surface area contributed by atoms with E-state index in [1.165, 1.54) is 35.6 Å². The number of carbonyl (C=O) groups is 2. The highest BCUT2D eigenvalue weighted by Gasteiger charge is 2.33. The van der Waals surface area contributed by atoms with Crippen molar-refractivity contribution in [3.8, 4) is 0 Å². The summed E-state index contributed by atoms with van der Waals surface area (Å²) in [4.78, 5) is 31.7. The van der Waals surface area contributed by atoms with E-state index in [-0.39, 0.29) is 17.7 Å². The summed E-state index contributed by atoms with van der Waals surface area (Å²) in [6, 6.07) is 13.0. The number of thioether (sulfide) groups is 1. The van der Waals surface area contributed by atoms with Gasteiger partial charge in [0, 0.05) is 15.3 Å². The topological polar surface area (TPSA) is 71.1 Å². The first kappa shape index (κ1) is 19.6. The average Bonchev–Trinajstić information content (AvgIpc) is 3.29. The lowest BCUT2D eigenvalue weighted by molar-refractivity contribution is -0.117. The molecule has 1 unspecified atom stereocenters. The van der Waals surface area contributed by atoms with Crippen molar-refractivity contribution in [3.05, 3.63) is 70.5 Å². The fourth-order valence-electron chi connectivity index (χ4n) is 3.27. The molecule has 2 aromatic carbocycles. The minimum atomic E-state index is -0.397. The molecular weight excluding hydrogens is 409 g/mol. The third kappa shape index (κ3) is 4.18. The molecule has 4 rings (SSSR count). The summed E-state index contributed by atoms with van der Waals surface area (Å²) < 4.78 is 13.0. The maximum absolute atomic E-state index is 13.0. The minimum absolute atomic E-state index is 0.0908. The third-order valence-electron chi connectivity index (χ3n) is 4.73. The van der Waals surface area contributed by atoms with Crippen LogP contribution < -0.4 is 10.6 Å². The number of nitrogens with one attached hydrogen (secondary N) is 2. The van der Waals surface area contributed by atoms with Gasteiger partial charge in [0.2, 0.25) is 5.91 Å². The highest BCUT2D eigenvalue weighted by atomic mass is 32.2. The molecule has 0 bridgehead atoms. The number of benzene rings is 2. The van der Waals surface area contributed by atoms with Crippen LogP contribution in [-0.2, 0) is 11.2 Å². The number of anilines is 2. The molecule has 29 heavy (non-hydrogen) atoms.